The molecule has 0 aromatic heterocycles. The van der Waals surface area contributed by atoms with Gasteiger partial charge in [-0.1, -0.05) is 19.4 Å². The SMILES string of the molecule is C[C@@]1(/C=C/C=O)CCCCC12OCCO2. The lowest BCUT2D eigenvalue weighted by Crippen LogP contribution is -2.48. The summed E-state index contributed by atoms with van der Waals surface area (Å²) >= 11 is 0. The minimum Gasteiger partial charge on any atom is -0.347 e. The number of hydrogen-bond acceptors (Lipinski definition) is 3. The highest BCUT2D eigenvalue weighted by Gasteiger charge is 2.52. The van der Waals surface area contributed by atoms with Crippen molar-refractivity contribution in [3.8, 4) is 0 Å². The van der Waals surface area contributed by atoms with Gasteiger partial charge in [0.25, 0.3) is 0 Å². The van der Waals surface area contributed by atoms with E-state index in [0.29, 0.717) is 13.2 Å². The van der Waals surface area contributed by atoms with E-state index in [2.05, 4.69) is 6.92 Å². The van der Waals surface area contributed by atoms with Crippen molar-refractivity contribution in [1.29, 1.82) is 0 Å². The van der Waals surface area contributed by atoms with Gasteiger partial charge in [-0.3, -0.25) is 4.79 Å². The Morgan fingerprint density at radius 1 is 1.13 bits per heavy atom. The van der Waals surface area contributed by atoms with Crippen LogP contribution in [0.25, 0.3) is 0 Å². The summed E-state index contributed by atoms with van der Waals surface area (Å²) in [4.78, 5) is 10.4. The standard InChI is InChI=1S/C12H18O3/c1-11(6-4-8-13)5-2-3-7-12(11)14-9-10-15-12/h4,6,8H,2-3,5,7,9-10H2,1H3/b6-4+/t11-/m0/s1. The zero-order valence-electron chi connectivity index (χ0n) is 9.20. The second-order valence-electron chi connectivity index (χ2n) is 4.57. The van der Waals surface area contributed by atoms with E-state index in [9.17, 15) is 4.79 Å². The van der Waals surface area contributed by atoms with E-state index in [-0.39, 0.29) is 5.41 Å². The molecule has 15 heavy (non-hydrogen) atoms. The Balaban J connectivity index is 2.24. The Hall–Kier alpha value is -0.670. The monoisotopic (exact) mass is 210 g/mol. The number of carbonyl (C=O) groups excluding carboxylic acids is 1. The van der Waals surface area contributed by atoms with Crippen LogP contribution in [-0.2, 0) is 14.3 Å². The molecule has 3 heteroatoms. The summed E-state index contributed by atoms with van der Waals surface area (Å²) in [5, 5.41) is 0. The molecular formula is C12H18O3. The smallest absolute Gasteiger partial charge is 0.177 e. The third kappa shape index (κ3) is 1.74. The third-order valence-electron chi connectivity index (χ3n) is 3.62. The fraction of sp³-hybridized carbons (Fsp3) is 0.750. The molecule has 0 N–H and O–H groups in total. The Bertz CT molecular complexity index is 266. The summed E-state index contributed by atoms with van der Waals surface area (Å²) in [6.45, 7) is 3.46. The maximum atomic E-state index is 10.4. The molecule has 1 saturated heterocycles. The molecule has 3 nitrogen and oxygen atoms in total. The van der Waals surface area contributed by atoms with Crippen LogP contribution in [0.4, 0.5) is 0 Å². The number of carbonyl (C=O) groups is 1. The van der Waals surface area contributed by atoms with E-state index in [1.54, 1.807) is 6.08 Å². The topological polar surface area (TPSA) is 35.5 Å². The quantitative estimate of drug-likeness (QED) is 0.517. The minimum atomic E-state index is -0.467. The van der Waals surface area contributed by atoms with Gasteiger partial charge in [0.05, 0.1) is 13.2 Å². The fourth-order valence-electron chi connectivity index (χ4n) is 2.72. The molecule has 0 amide bonds. The molecule has 0 aromatic rings. The Morgan fingerprint density at radius 2 is 1.80 bits per heavy atom. The molecule has 84 valence electrons. The normalized spacial score (nSPS) is 35.0. The average molecular weight is 210 g/mol. The van der Waals surface area contributed by atoms with E-state index < -0.39 is 5.79 Å². The largest absolute Gasteiger partial charge is 0.347 e. The van der Waals surface area contributed by atoms with E-state index in [1.807, 2.05) is 6.08 Å². The number of rotatable bonds is 2. The molecule has 2 rings (SSSR count). The van der Waals surface area contributed by atoms with Crippen LogP contribution in [0.15, 0.2) is 12.2 Å². The minimum absolute atomic E-state index is 0.150. The molecule has 1 heterocycles. The average Bonchev–Trinajstić information content (AvgIpc) is 2.71. The van der Waals surface area contributed by atoms with E-state index in [0.717, 1.165) is 25.5 Å². The Labute approximate surface area is 90.4 Å². The lowest BCUT2D eigenvalue weighted by atomic mass is 9.70. The molecule has 0 bridgehead atoms. The van der Waals surface area contributed by atoms with Gasteiger partial charge < -0.3 is 9.47 Å². The molecular weight excluding hydrogens is 192 g/mol. The molecule has 2 aliphatic rings. The molecule has 0 radical (unpaired) electrons. The molecule has 1 spiro atoms. The summed E-state index contributed by atoms with van der Waals surface area (Å²) in [6, 6.07) is 0. The maximum absolute atomic E-state index is 10.4. The van der Waals surface area contributed by atoms with Crippen LogP contribution in [0.1, 0.15) is 32.6 Å². The first-order valence-corrected chi connectivity index (χ1v) is 5.63. The number of ether oxygens (including phenoxy) is 2. The van der Waals surface area contributed by atoms with Crippen molar-refractivity contribution in [2.45, 2.75) is 38.4 Å². The van der Waals surface area contributed by atoms with Crippen molar-refractivity contribution in [3.05, 3.63) is 12.2 Å². The van der Waals surface area contributed by atoms with Gasteiger partial charge in [-0.15, -0.1) is 0 Å². The van der Waals surface area contributed by atoms with Gasteiger partial charge in [0.15, 0.2) is 5.79 Å². The van der Waals surface area contributed by atoms with Crippen molar-refractivity contribution in [2.75, 3.05) is 13.2 Å². The lowest BCUT2D eigenvalue weighted by molar-refractivity contribution is -0.235. The van der Waals surface area contributed by atoms with Gasteiger partial charge in [0.2, 0.25) is 0 Å². The van der Waals surface area contributed by atoms with E-state index in [1.165, 1.54) is 6.42 Å². The second-order valence-corrected chi connectivity index (χ2v) is 4.57. The van der Waals surface area contributed by atoms with Crippen molar-refractivity contribution < 1.29 is 14.3 Å². The second kappa shape index (κ2) is 4.06. The first-order chi connectivity index (χ1) is 7.22. The summed E-state index contributed by atoms with van der Waals surface area (Å²) in [7, 11) is 0. The van der Waals surface area contributed by atoms with Crippen LogP contribution in [0, 0.1) is 5.41 Å². The zero-order valence-corrected chi connectivity index (χ0v) is 9.20. The van der Waals surface area contributed by atoms with Gasteiger partial charge in [0.1, 0.15) is 6.29 Å². The van der Waals surface area contributed by atoms with Crippen LogP contribution >= 0.6 is 0 Å². The summed E-state index contributed by atoms with van der Waals surface area (Å²) in [6.07, 6.45) is 8.62. The number of hydrogen-bond donors (Lipinski definition) is 0. The van der Waals surface area contributed by atoms with Gasteiger partial charge in [-0.05, 0) is 18.9 Å². The van der Waals surface area contributed by atoms with Crippen LogP contribution in [-0.4, -0.2) is 25.3 Å². The summed E-state index contributed by atoms with van der Waals surface area (Å²) < 4.78 is 11.6. The summed E-state index contributed by atoms with van der Waals surface area (Å²) in [5.41, 5.74) is -0.150. The predicted octanol–water partition coefficient (Wildman–Crippen LogP) is 2.06. The van der Waals surface area contributed by atoms with Crippen LogP contribution in [0.5, 0.6) is 0 Å². The third-order valence-corrected chi connectivity index (χ3v) is 3.62. The van der Waals surface area contributed by atoms with Crippen LogP contribution in [0.3, 0.4) is 0 Å². The maximum Gasteiger partial charge on any atom is 0.177 e. The van der Waals surface area contributed by atoms with Crippen LogP contribution in [0.2, 0.25) is 0 Å². The Morgan fingerprint density at radius 3 is 2.47 bits per heavy atom. The Kier molecular flexibility index (Phi) is 2.94. The van der Waals surface area contributed by atoms with Crippen molar-refractivity contribution in [3.63, 3.8) is 0 Å². The highest BCUT2D eigenvalue weighted by molar-refractivity contribution is 5.64. The zero-order chi connectivity index (χ0) is 10.8. The van der Waals surface area contributed by atoms with Crippen LogP contribution < -0.4 is 0 Å². The molecule has 1 atom stereocenters. The first kappa shape index (κ1) is 10.8. The molecule has 1 aliphatic heterocycles. The van der Waals surface area contributed by atoms with Crippen molar-refractivity contribution >= 4 is 6.29 Å². The number of aldehydes is 1. The van der Waals surface area contributed by atoms with Gasteiger partial charge in [0, 0.05) is 11.8 Å². The first-order valence-electron chi connectivity index (χ1n) is 5.63. The molecule has 0 aromatic carbocycles. The molecule has 2 fully saturated rings. The molecule has 1 saturated carbocycles. The lowest BCUT2D eigenvalue weighted by Gasteiger charge is -2.46. The fourth-order valence-corrected chi connectivity index (χ4v) is 2.72. The van der Waals surface area contributed by atoms with E-state index in [4.69, 9.17) is 9.47 Å². The van der Waals surface area contributed by atoms with E-state index >= 15 is 0 Å². The van der Waals surface area contributed by atoms with Crippen molar-refractivity contribution in [1.82, 2.24) is 0 Å². The number of allylic oxidation sites excluding steroid dienone is 1. The van der Waals surface area contributed by atoms with Gasteiger partial charge >= 0.3 is 0 Å². The van der Waals surface area contributed by atoms with Crippen molar-refractivity contribution in [2.24, 2.45) is 5.41 Å². The van der Waals surface area contributed by atoms with Gasteiger partial charge in [-0.2, -0.15) is 0 Å². The predicted molar refractivity (Wildman–Crippen MR) is 56.4 cm³/mol. The van der Waals surface area contributed by atoms with Gasteiger partial charge in [-0.25, -0.2) is 0 Å². The molecule has 1 aliphatic carbocycles. The highest BCUT2D eigenvalue weighted by atomic mass is 16.7. The molecule has 0 unspecified atom stereocenters. The highest BCUT2D eigenvalue weighted by Crippen LogP contribution is 2.50. The summed E-state index contributed by atoms with van der Waals surface area (Å²) in [5.74, 6) is -0.467.